The van der Waals surface area contributed by atoms with E-state index in [-0.39, 0.29) is 17.8 Å². The van der Waals surface area contributed by atoms with Crippen LogP contribution in [0.25, 0.3) is 10.2 Å². The Labute approximate surface area is 149 Å². The minimum atomic E-state index is -0.0247. The Morgan fingerprint density at radius 3 is 2.96 bits per heavy atom. The van der Waals surface area contributed by atoms with Crippen molar-refractivity contribution in [1.82, 2.24) is 19.9 Å². The number of rotatable bonds is 2. The number of para-hydroxylation sites is 1. The molecule has 25 heavy (non-hydrogen) atoms. The smallest absolute Gasteiger partial charge is 0.257 e. The third-order valence-corrected chi connectivity index (χ3v) is 5.80. The average Bonchev–Trinajstić information content (AvgIpc) is 3.05. The van der Waals surface area contributed by atoms with E-state index in [1.807, 2.05) is 23.1 Å². The van der Waals surface area contributed by atoms with Crippen LogP contribution >= 0.6 is 11.3 Å². The molecule has 1 aromatic carbocycles. The Kier molecular flexibility index (Phi) is 4.09. The summed E-state index contributed by atoms with van der Waals surface area (Å²) in [5.74, 6) is 0.452. The predicted octanol–water partition coefficient (Wildman–Crippen LogP) is 3.00. The number of aryl methyl sites for hydroxylation is 1. The molecule has 7 heteroatoms. The highest BCUT2D eigenvalue weighted by Crippen LogP contribution is 2.33. The number of amides is 1. The van der Waals surface area contributed by atoms with Crippen LogP contribution in [0, 0.1) is 6.92 Å². The van der Waals surface area contributed by atoms with Crippen LogP contribution in [0.3, 0.4) is 0 Å². The number of piperidine rings is 1. The van der Waals surface area contributed by atoms with Crippen molar-refractivity contribution in [2.45, 2.75) is 25.7 Å². The van der Waals surface area contributed by atoms with Crippen molar-refractivity contribution in [2.75, 3.05) is 18.8 Å². The molecule has 4 rings (SSSR count). The van der Waals surface area contributed by atoms with E-state index in [4.69, 9.17) is 10.7 Å². The number of nitrogen functional groups attached to an aromatic ring is 1. The first-order chi connectivity index (χ1) is 12.1. The molecule has 0 bridgehead atoms. The molecule has 0 radical (unpaired) electrons. The number of carbonyl (C=O) groups excluding carboxylic acids is 1. The van der Waals surface area contributed by atoms with Gasteiger partial charge in [-0.2, -0.15) is 0 Å². The van der Waals surface area contributed by atoms with E-state index >= 15 is 0 Å². The van der Waals surface area contributed by atoms with Gasteiger partial charge in [0.2, 0.25) is 5.95 Å². The van der Waals surface area contributed by atoms with Crippen molar-refractivity contribution >= 4 is 33.4 Å². The fraction of sp³-hybridized carbons (Fsp3) is 0.333. The second-order valence-corrected chi connectivity index (χ2v) is 7.40. The maximum atomic E-state index is 12.9. The molecule has 1 atom stereocenters. The average molecular weight is 353 g/mol. The predicted molar refractivity (Wildman–Crippen MR) is 98.7 cm³/mol. The number of aromatic nitrogens is 3. The van der Waals surface area contributed by atoms with Gasteiger partial charge in [0, 0.05) is 25.2 Å². The van der Waals surface area contributed by atoms with Crippen LogP contribution in [0.15, 0.2) is 30.5 Å². The Bertz CT molecular complexity index is 905. The largest absolute Gasteiger partial charge is 0.368 e. The number of hydrogen-bond acceptors (Lipinski definition) is 6. The van der Waals surface area contributed by atoms with Gasteiger partial charge < -0.3 is 10.6 Å². The van der Waals surface area contributed by atoms with Gasteiger partial charge in [-0.1, -0.05) is 12.1 Å². The van der Waals surface area contributed by atoms with Gasteiger partial charge in [0.25, 0.3) is 5.91 Å². The Hall–Kier alpha value is -2.54. The number of nitrogens with two attached hydrogens (primary N) is 1. The number of benzene rings is 1. The summed E-state index contributed by atoms with van der Waals surface area (Å²) in [4.78, 5) is 27.6. The molecule has 6 nitrogen and oxygen atoms in total. The van der Waals surface area contributed by atoms with Gasteiger partial charge >= 0.3 is 0 Å². The van der Waals surface area contributed by atoms with E-state index < -0.39 is 0 Å². The summed E-state index contributed by atoms with van der Waals surface area (Å²) in [6.07, 6.45) is 3.56. The topological polar surface area (TPSA) is 85.0 Å². The maximum absolute atomic E-state index is 12.9. The summed E-state index contributed by atoms with van der Waals surface area (Å²) in [6, 6.07) is 8.17. The van der Waals surface area contributed by atoms with Crippen LogP contribution in [0.5, 0.6) is 0 Å². The lowest BCUT2D eigenvalue weighted by molar-refractivity contribution is 0.0705. The number of nitrogens with zero attached hydrogens (tertiary/aromatic N) is 4. The van der Waals surface area contributed by atoms with Crippen LogP contribution in [0.2, 0.25) is 0 Å². The van der Waals surface area contributed by atoms with Gasteiger partial charge in [-0.25, -0.2) is 15.0 Å². The molecule has 1 amide bonds. The molecular weight excluding hydrogens is 334 g/mol. The first-order valence-corrected chi connectivity index (χ1v) is 9.17. The molecule has 3 aromatic rings. The van der Waals surface area contributed by atoms with Gasteiger partial charge in [-0.3, -0.25) is 4.79 Å². The molecular formula is C18H19N5OS. The van der Waals surface area contributed by atoms with Gasteiger partial charge in [-0.15, -0.1) is 11.3 Å². The van der Waals surface area contributed by atoms with Crippen molar-refractivity contribution in [3.63, 3.8) is 0 Å². The molecule has 2 aromatic heterocycles. The Morgan fingerprint density at radius 2 is 2.16 bits per heavy atom. The Morgan fingerprint density at radius 1 is 1.32 bits per heavy atom. The second kappa shape index (κ2) is 6.40. The van der Waals surface area contributed by atoms with Crippen molar-refractivity contribution in [3.05, 3.63) is 46.7 Å². The van der Waals surface area contributed by atoms with Crippen LogP contribution < -0.4 is 5.73 Å². The zero-order valence-electron chi connectivity index (χ0n) is 14.0. The fourth-order valence-corrected chi connectivity index (χ4v) is 4.39. The molecule has 1 fully saturated rings. The fourth-order valence-electron chi connectivity index (χ4n) is 3.29. The minimum absolute atomic E-state index is 0.0247. The summed E-state index contributed by atoms with van der Waals surface area (Å²) >= 11 is 1.73. The summed E-state index contributed by atoms with van der Waals surface area (Å²) < 4.78 is 1.20. The van der Waals surface area contributed by atoms with E-state index in [0.717, 1.165) is 29.9 Å². The van der Waals surface area contributed by atoms with Crippen molar-refractivity contribution in [2.24, 2.45) is 0 Å². The maximum Gasteiger partial charge on any atom is 0.257 e. The molecule has 1 saturated heterocycles. The first-order valence-electron chi connectivity index (χ1n) is 8.35. The summed E-state index contributed by atoms with van der Waals surface area (Å²) in [6.45, 7) is 3.23. The van der Waals surface area contributed by atoms with Crippen LogP contribution in [-0.2, 0) is 0 Å². The van der Waals surface area contributed by atoms with E-state index in [2.05, 4.69) is 16.0 Å². The number of fused-ring (bicyclic) bond motifs is 1. The monoisotopic (exact) mass is 353 g/mol. The first kappa shape index (κ1) is 16.0. The molecule has 0 unspecified atom stereocenters. The molecule has 0 saturated carbocycles. The molecule has 0 aliphatic carbocycles. The van der Waals surface area contributed by atoms with Crippen molar-refractivity contribution in [1.29, 1.82) is 0 Å². The van der Waals surface area contributed by atoms with Gasteiger partial charge in [-0.05, 0) is 31.9 Å². The van der Waals surface area contributed by atoms with E-state index in [1.165, 1.54) is 10.9 Å². The second-order valence-electron chi connectivity index (χ2n) is 6.34. The highest BCUT2D eigenvalue weighted by molar-refractivity contribution is 7.18. The molecule has 1 aliphatic rings. The lowest BCUT2D eigenvalue weighted by atomic mass is 9.98. The molecule has 3 heterocycles. The van der Waals surface area contributed by atoms with E-state index in [9.17, 15) is 4.79 Å². The minimum Gasteiger partial charge on any atom is -0.368 e. The summed E-state index contributed by atoms with van der Waals surface area (Å²) in [7, 11) is 0. The molecule has 1 aliphatic heterocycles. The van der Waals surface area contributed by atoms with Crippen LogP contribution in [0.4, 0.5) is 5.95 Å². The third-order valence-electron chi connectivity index (χ3n) is 4.60. The highest BCUT2D eigenvalue weighted by Gasteiger charge is 2.28. The van der Waals surface area contributed by atoms with Gasteiger partial charge in [0.15, 0.2) is 0 Å². The number of anilines is 1. The van der Waals surface area contributed by atoms with Gasteiger partial charge in [0.05, 0.1) is 26.5 Å². The quantitative estimate of drug-likeness (QED) is 0.765. The van der Waals surface area contributed by atoms with E-state index in [0.29, 0.717) is 17.8 Å². The lowest BCUT2D eigenvalue weighted by Gasteiger charge is -2.32. The number of likely N-dealkylation sites (tertiary alicyclic amines) is 1. The molecule has 128 valence electrons. The SMILES string of the molecule is Cc1nc(N)ncc1C(=O)N1CCC[C@H](c2nc3ccccc3s2)C1. The summed E-state index contributed by atoms with van der Waals surface area (Å²) in [5.41, 5.74) is 7.77. The summed E-state index contributed by atoms with van der Waals surface area (Å²) in [5, 5.41) is 1.11. The standard InChI is InChI=1S/C18H19N5OS/c1-11-13(9-20-18(19)21-11)17(24)23-8-4-5-12(10-23)16-22-14-6-2-3-7-15(14)25-16/h2-3,6-7,9,12H,4-5,8,10H2,1H3,(H2,19,20,21)/t12-/m0/s1. The third kappa shape index (κ3) is 3.07. The van der Waals surface area contributed by atoms with Crippen molar-refractivity contribution < 1.29 is 4.79 Å². The lowest BCUT2D eigenvalue weighted by Crippen LogP contribution is -2.39. The highest BCUT2D eigenvalue weighted by atomic mass is 32.1. The molecule has 0 spiro atoms. The zero-order chi connectivity index (χ0) is 17.4. The molecule has 2 N–H and O–H groups in total. The normalized spacial score (nSPS) is 17.8. The number of hydrogen-bond donors (Lipinski definition) is 1. The number of carbonyl (C=O) groups is 1. The van der Waals surface area contributed by atoms with E-state index in [1.54, 1.807) is 18.3 Å². The van der Waals surface area contributed by atoms with Crippen LogP contribution in [-0.4, -0.2) is 38.8 Å². The zero-order valence-corrected chi connectivity index (χ0v) is 14.8. The Balaban J connectivity index is 1.57. The van der Waals surface area contributed by atoms with Gasteiger partial charge in [0.1, 0.15) is 0 Å². The van der Waals surface area contributed by atoms with Crippen LogP contribution in [0.1, 0.15) is 39.8 Å². The number of thiazole rings is 1. The van der Waals surface area contributed by atoms with Crippen molar-refractivity contribution in [3.8, 4) is 0 Å².